The average Bonchev–Trinajstić information content (AvgIpc) is 2.40. The van der Waals surface area contributed by atoms with Crippen molar-refractivity contribution in [1.29, 1.82) is 0 Å². The predicted octanol–water partition coefficient (Wildman–Crippen LogP) is 4.11. The third kappa shape index (κ3) is 6.77. The lowest BCUT2D eigenvalue weighted by atomic mass is 9.97. The van der Waals surface area contributed by atoms with E-state index in [0.717, 1.165) is 29.6 Å². The van der Waals surface area contributed by atoms with Gasteiger partial charge in [0.2, 0.25) is 0 Å². The number of alkyl halides is 1. The van der Waals surface area contributed by atoms with Gasteiger partial charge in [-0.2, -0.15) is 0 Å². The van der Waals surface area contributed by atoms with E-state index in [1.807, 2.05) is 24.3 Å². The summed E-state index contributed by atoms with van der Waals surface area (Å²) in [7, 11) is -2.83. The van der Waals surface area contributed by atoms with Gasteiger partial charge in [0.25, 0.3) is 0 Å². The molecule has 0 fully saturated rings. The summed E-state index contributed by atoms with van der Waals surface area (Å²) in [4.78, 5) is 0. The molecule has 1 aromatic rings. The van der Waals surface area contributed by atoms with E-state index in [4.69, 9.17) is 11.6 Å². The SMILES string of the molecule is CCS(=O)(=O)CCCC(CBr)Cc1ccc(Cl)cc1. The highest BCUT2D eigenvalue weighted by Gasteiger charge is 2.12. The molecule has 0 saturated heterocycles. The summed E-state index contributed by atoms with van der Waals surface area (Å²) in [6.07, 6.45) is 2.61. The molecule has 0 aliphatic rings. The summed E-state index contributed by atoms with van der Waals surface area (Å²) >= 11 is 9.37. The quantitative estimate of drug-likeness (QED) is 0.648. The van der Waals surface area contributed by atoms with Gasteiger partial charge in [-0.15, -0.1) is 0 Å². The Morgan fingerprint density at radius 2 is 1.89 bits per heavy atom. The Kier molecular flexibility index (Phi) is 7.40. The molecule has 5 heteroatoms. The van der Waals surface area contributed by atoms with Gasteiger partial charge < -0.3 is 0 Å². The Labute approximate surface area is 129 Å². The molecular weight excluding hydrogens is 348 g/mol. The highest BCUT2D eigenvalue weighted by Crippen LogP contribution is 2.19. The van der Waals surface area contributed by atoms with E-state index in [1.165, 1.54) is 5.56 Å². The van der Waals surface area contributed by atoms with Crippen LogP contribution in [-0.2, 0) is 16.3 Å². The first-order valence-corrected chi connectivity index (χ1v) is 9.79. The lowest BCUT2D eigenvalue weighted by Crippen LogP contribution is -2.12. The normalized spacial score (nSPS) is 13.4. The van der Waals surface area contributed by atoms with Gasteiger partial charge >= 0.3 is 0 Å². The van der Waals surface area contributed by atoms with Crippen molar-refractivity contribution in [3.8, 4) is 0 Å². The van der Waals surface area contributed by atoms with Crippen LogP contribution in [-0.4, -0.2) is 25.3 Å². The molecule has 0 spiro atoms. The van der Waals surface area contributed by atoms with Gasteiger partial charge in [-0.1, -0.05) is 46.6 Å². The Morgan fingerprint density at radius 3 is 2.42 bits per heavy atom. The van der Waals surface area contributed by atoms with Crippen LogP contribution >= 0.6 is 27.5 Å². The van der Waals surface area contributed by atoms with Crippen molar-refractivity contribution in [2.75, 3.05) is 16.8 Å². The van der Waals surface area contributed by atoms with E-state index in [0.29, 0.717) is 11.7 Å². The van der Waals surface area contributed by atoms with Crippen molar-refractivity contribution in [3.05, 3.63) is 34.9 Å². The second-order valence-electron chi connectivity index (χ2n) is 4.73. The third-order valence-corrected chi connectivity index (χ3v) is 6.12. The van der Waals surface area contributed by atoms with E-state index in [-0.39, 0.29) is 5.75 Å². The van der Waals surface area contributed by atoms with Gasteiger partial charge in [0.1, 0.15) is 9.84 Å². The molecule has 0 heterocycles. The summed E-state index contributed by atoms with van der Waals surface area (Å²) in [6, 6.07) is 7.84. The molecule has 1 rings (SSSR count). The molecule has 0 amide bonds. The molecule has 0 N–H and O–H groups in total. The van der Waals surface area contributed by atoms with Crippen molar-refractivity contribution in [2.24, 2.45) is 5.92 Å². The summed E-state index contributed by atoms with van der Waals surface area (Å²) in [5, 5.41) is 1.63. The van der Waals surface area contributed by atoms with Gasteiger partial charge in [-0.05, 0) is 42.9 Å². The van der Waals surface area contributed by atoms with Gasteiger partial charge in [0.05, 0.1) is 5.75 Å². The summed E-state index contributed by atoms with van der Waals surface area (Å²) in [6.45, 7) is 1.70. The molecule has 0 saturated carbocycles. The fourth-order valence-corrected chi connectivity index (χ4v) is 3.50. The zero-order chi connectivity index (χ0) is 14.3. The van der Waals surface area contributed by atoms with Crippen molar-refractivity contribution in [3.63, 3.8) is 0 Å². The molecular formula is C14H20BrClO2S. The van der Waals surface area contributed by atoms with Crippen LogP contribution in [0.25, 0.3) is 0 Å². The second kappa shape index (κ2) is 8.28. The van der Waals surface area contributed by atoms with E-state index >= 15 is 0 Å². The Morgan fingerprint density at radius 1 is 1.26 bits per heavy atom. The van der Waals surface area contributed by atoms with Crippen LogP contribution in [0, 0.1) is 5.92 Å². The zero-order valence-corrected chi connectivity index (χ0v) is 14.3. The number of hydrogen-bond donors (Lipinski definition) is 0. The lowest BCUT2D eigenvalue weighted by Gasteiger charge is -2.14. The van der Waals surface area contributed by atoms with E-state index in [1.54, 1.807) is 6.92 Å². The van der Waals surface area contributed by atoms with Crippen LogP contribution < -0.4 is 0 Å². The first-order chi connectivity index (χ1) is 8.96. The molecule has 2 nitrogen and oxygen atoms in total. The second-order valence-corrected chi connectivity index (χ2v) is 8.29. The lowest BCUT2D eigenvalue weighted by molar-refractivity contribution is 0.528. The summed E-state index contributed by atoms with van der Waals surface area (Å²) < 4.78 is 22.9. The first kappa shape index (κ1) is 17.0. The topological polar surface area (TPSA) is 34.1 Å². The van der Waals surface area contributed by atoms with Crippen molar-refractivity contribution >= 4 is 37.4 Å². The first-order valence-electron chi connectivity index (χ1n) is 6.47. The molecule has 19 heavy (non-hydrogen) atoms. The molecule has 108 valence electrons. The van der Waals surface area contributed by atoms with Crippen LogP contribution in [0.15, 0.2) is 24.3 Å². The van der Waals surface area contributed by atoms with Gasteiger partial charge in [-0.25, -0.2) is 8.42 Å². The van der Waals surface area contributed by atoms with Crippen LogP contribution in [0.5, 0.6) is 0 Å². The summed E-state index contributed by atoms with van der Waals surface area (Å²) in [5.41, 5.74) is 1.24. The van der Waals surface area contributed by atoms with Gasteiger partial charge in [0, 0.05) is 16.1 Å². The van der Waals surface area contributed by atoms with Crippen molar-refractivity contribution < 1.29 is 8.42 Å². The molecule has 0 aliphatic carbocycles. The molecule has 0 aromatic heterocycles. The third-order valence-electron chi connectivity index (χ3n) is 3.16. The smallest absolute Gasteiger partial charge is 0.150 e. The zero-order valence-electron chi connectivity index (χ0n) is 11.1. The molecule has 1 atom stereocenters. The standard InChI is InChI=1S/C14H20BrClO2S/c1-2-19(17,18)9-3-4-13(11-15)10-12-5-7-14(16)8-6-12/h5-8,13H,2-4,9-11H2,1H3. The monoisotopic (exact) mass is 366 g/mol. The van der Waals surface area contributed by atoms with E-state index in [2.05, 4.69) is 15.9 Å². The van der Waals surface area contributed by atoms with Crippen molar-refractivity contribution in [2.45, 2.75) is 26.2 Å². The largest absolute Gasteiger partial charge is 0.229 e. The summed E-state index contributed by atoms with van der Waals surface area (Å²) in [5.74, 6) is 1.00. The van der Waals surface area contributed by atoms with Crippen LogP contribution in [0.2, 0.25) is 5.02 Å². The highest BCUT2D eigenvalue weighted by atomic mass is 79.9. The average molecular weight is 368 g/mol. The maximum atomic E-state index is 11.4. The van der Waals surface area contributed by atoms with Crippen LogP contribution in [0.3, 0.4) is 0 Å². The van der Waals surface area contributed by atoms with E-state index < -0.39 is 9.84 Å². The van der Waals surface area contributed by atoms with E-state index in [9.17, 15) is 8.42 Å². The van der Waals surface area contributed by atoms with Gasteiger partial charge in [-0.3, -0.25) is 0 Å². The van der Waals surface area contributed by atoms with Gasteiger partial charge in [0.15, 0.2) is 0 Å². The number of benzene rings is 1. The Hall–Kier alpha value is -0.0600. The number of rotatable bonds is 8. The molecule has 0 radical (unpaired) electrons. The Bertz CT molecular complexity index is 471. The minimum absolute atomic E-state index is 0.239. The fourth-order valence-electron chi connectivity index (χ4n) is 1.92. The van der Waals surface area contributed by atoms with Crippen LogP contribution in [0.1, 0.15) is 25.3 Å². The number of hydrogen-bond acceptors (Lipinski definition) is 2. The molecule has 0 bridgehead atoms. The maximum absolute atomic E-state index is 11.4. The molecule has 1 unspecified atom stereocenters. The van der Waals surface area contributed by atoms with Crippen molar-refractivity contribution in [1.82, 2.24) is 0 Å². The fraction of sp³-hybridized carbons (Fsp3) is 0.571. The number of sulfone groups is 1. The van der Waals surface area contributed by atoms with Crippen LogP contribution in [0.4, 0.5) is 0 Å². The predicted molar refractivity (Wildman–Crippen MR) is 86.0 cm³/mol. The highest BCUT2D eigenvalue weighted by molar-refractivity contribution is 9.09. The molecule has 1 aromatic carbocycles. The number of halogens is 2. The Balaban J connectivity index is 2.44. The minimum Gasteiger partial charge on any atom is -0.229 e. The minimum atomic E-state index is -2.83. The maximum Gasteiger partial charge on any atom is 0.150 e. The molecule has 0 aliphatic heterocycles.